The molecule has 4 rings (SSSR count). The lowest BCUT2D eigenvalue weighted by molar-refractivity contribution is 0.383. The van der Waals surface area contributed by atoms with E-state index in [0.29, 0.717) is 26.2 Å². The Morgan fingerprint density at radius 2 is 1.71 bits per heavy atom. The summed E-state index contributed by atoms with van der Waals surface area (Å²) in [5, 5.41) is 0. The van der Waals surface area contributed by atoms with Gasteiger partial charge in [-0.2, -0.15) is 9.29 Å². The summed E-state index contributed by atoms with van der Waals surface area (Å²) in [5.74, 6) is 1.72. The molecule has 1 aromatic carbocycles. The number of sulfonamides is 1. The van der Waals surface area contributed by atoms with Crippen molar-refractivity contribution in [1.82, 2.24) is 14.3 Å². The predicted molar refractivity (Wildman–Crippen MR) is 111 cm³/mol. The van der Waals surface area contributed by atoms with Crippen molar-refractivity contribution in [3.8, 4) is 0 Å². The smallest absolute Gasteiger partial charge is 0.227 e. The molecule has 28 heavy (non-hydrogen) atoms. The summed E-state index contributed by atoms with van der Waals surface area (Å²) >= 11 is 0. The molecule has 150 valence electrons. The zero-order valence-electron chi connectivity index (χ0n) is 16.3. The second kappa shape index (κ2) is 8.05. The Bertz CT molecular complexity index is 920. The van der Waals surface area contributed by atoms with Crippen LogP contribution in [-0.2, 0) is 15.8 Å². The van der Waals surface area contributed by atoms with E-state index in [4.69, 9.17) is 4.98 Å². The third-order valence-electron chi connectivity index (χ3n) is 5.40. The minimum absolute atomic E-state index is 0.0568. The van der Waals surface area contributed by atoms with Gasteiger partial charge in [-0.15, -0.1) is 0 Å². The Hall–Kier alpha value is -2.19. The minimum atomic E-state index is -3.31. The molecule has 0 aliphatic carbocycles. The number of piperazine rings is 1. The summed E-state index contributed by atoms with van der Waals surface area (Å²) in [4.78, 5) is 13.5. The fourth-order valence-corrected chi connectivity index (χ4v) is 5.39. The van der Waals surface area contributed by atoms with Crippen molar-refractivity contribution < 1.29 is 8.42 Å². The monoisotopic (exact) mass is 401 g/mol. The molecule has 7 nitrogen and oxygen atoms in total. The molecule has 2 aromatic rings. The second-order valence-corrected chi connectivity index (χ2v) is 9.51. The molecule has 1 aromatic heterocycles. The lowest BCUT2D eigenvalue weighted by atomic mass is 10.2. The van der Waals surface area contributed by atoms with Gasteiger partial charge < -0.3 is 9.80 Å². The van der Waals surface area contributed by atoms with E-state index in [9.17, 15) is 8.42 Å². The number of aromatic nitrogens is 2. The number of hydrogen-bond acceptors (Lipinski definition) is 6. The van der Waals surface area contributed by atoms with E-state index < -0.39 is 10.0 Å². The zero-order chi connectivity index (χ0) is 19.6. The number of rotatable bonds is 5. The lowest BCUT2D eigenvalue weighted by Gasteiger charge is -2.35. The van der Waals surface area contributed by atoms with Crippen LogP contribution in [0.2, 0.25) is 0 Å². The Morgan fingerprint density at radius 1 is 0.964 bits per heavy atom. The van der Waals surface area contributed by atoms with Crippen molar-refractivity contribution in [1.29, 1.82) is 0 Å². The van der Waals surface area contributed by atoms with Gasteiger partial charge >= 0.3 is 0 Å². The Kier molecular flexibility index (Phi) is 5.50. The molecule has 0 saturated carbocycles. The van der Waals surface area contributed by atoms with Crippen LogP contribution in [0.4, 0.5) is 11.8 Å². The number of nitrogens with zero attached hydrogens (tertiary/aromatic N) is 5. The van der Waals surface area contributed by atoms with E-state index in [1.165, 1.54) is 12.8 Å². The molecular weight excluding hydrogens is 374 g/mol. The summed E-state index contributed by atoms with van der Waals surface area (Å²) in [6.45, 7) is 6.25. The molecule has 0 amide bonds. The van der Waals surface area contributed by atoms with Crippen LogP contribution in [0.1, 0.15) is 24.0 Å². The van der Waals surface area contributed by atoms with Crippen LogP contribution in [0.3, 0.4) is 0 Å². The Morgan fingerprint density at radius 3 is 2.43 bits per heavy atom. The molecule has 2 fully saturated rings. The van der Waals surface area contributed by atoms with Crippen LogP contribution in [0, 0.1) is 6.92 Å². The third kappa shape index (κ3) is 4.28. The first kappa shape index (κ1) is 19.1. The van der Waals surface area contributed by atoms with Crippen molar-refractivity contribution in [3.63, 3.8) is 0 Å². The molecule has 2 aliphatic heterocycles. The van der Waals surface area contributed by atoms with Gasteiger partial charge in [-0.1, -0.05) is 29.8 Å². The number of benzene rings is 1. The number of aryl methyl sites for hydroxylation is 1. The molecule has 8 heteroatoms. The number of hydrogen-bond donors (Lipinski definition) is 0. The molecule has 2 aliphatic rings. The molecule has 3 heterocycles. The summed E-state index contributed by atoms with van der Waals surface area (Å²) in [6, 6.07) is 9.62. The van der Waals surface area contributed by atoms with Gasteiger partial charge in [0.25, 0.3) is 0 Å². The fourth-order valence-electron chi connectivity index (χ4n) is 3.88. The van der Waals surface area contributed by atoms with Crippen molar-refractivity contribution in [3.05, 3.63) is 47.7 Å². The maximum Gasteiger partial charge on any atom is 0.227 e. The highest BCUT2D eigenvalue weighted by Crippen LogP contribution is 2.21. The van der Waals surface area contributed by atoms with E-state index in [-0.39, 0.29) is 5.75 Å². The molecule has 0 bridgehead atoms. The van der Waals surface area contributed by atoms with E-state index in [1.54, 1.807) is 10.5 Å². The third-order valence-corrected chi connectivity index (χ3v) is 7.25. The van der Waals surface area contributed by atoms with Crippen molar-refractivity contribution in [2.75, 3.05) is 49.1 Å². The molecule has 0 unspecified atom stereocenters. The molecule has 0 radical (unpaired) electrons. The normalized spacial score (nSPS) is 18.6. The quantitative estimate of drug-likeness (QED) is 0.764. The second-order valence-electron chi connectivity index (χ2n) is 7.54. The van der Waals surface area contributed by atoms with Crippen LogP contribution in [0.15, 0.2) is 36.5 Å². The van der Waals surface area contributed by atoms with E-state index >= 15 is 0 Å². The molecule has 0 atom stereocenters. The van der Waals surface area contributed by atoms with Crippen LogP contribution in [0.25, 0.3) is 0 Å². The average molecular weight is 402 g/mol. The standard InChI is InChI=1S/C20H27N5O2S/c1-17-5-4-6-18(15-17)16-28(26,27)25-13-11-23(12-14-25)19-7-8-21-20(22-19)24-9-2-3-10-24/h4-8,15H,2-3,9-14,16H2,1H3. The van der Waals surface area contributed by atoms with E-state index in [2.05, 4.69) is 14.8 Å². The first-order valence-corrected chi connectivity index (χ1v) is 11.5. The van der Waals surface area contributed by atoms with Crippen molar-refractivity contribution in [2.45, 2.75) is 25.5 Å². The minimum Gasteiger partial charge on any atom is -0.354 e. The SMILES string of the molecule is Cc1cccc(CS(=O)(=O)N2CCN(c3ccnc(N4CCCC4)n3)CC2)c1. The fraction of sp³-hybridized carbons (Fsp3) is 0.500. The van der Waals surface area contributed by atoms with Gasteiger partial charge in [0.15, 0.2) is 0 Å². The number of anilines is 2. The lowest BCUT2D eigenvalue weighted by Crippen LogP contribution is -2.49. The maximum atomic E-state index is 12.8. The van der Waals surface area contributed by atoms with Crippen LogP contribution in [-0.4, -0.2) is 62.0 Å². The highest BCUT2D eigenvalue weighted by molar-refractivity contribution is 7.88. The van der Waals surface area contributed by atoms with Gasteiger partial charge in [-0.25, -0.2) is 13.4 Å². The van der Waals surface area contributed by atoms with Gasteiger partial charge in [-0.3, -0.25) is 0 Å². The molecular formula is C20H27N5O2S. The predicted octanol–water partition coefficient (Wildman–Crippen LogP) is 2.04. The maximum absolute atomic E-state index is 12.8. The summed E-state index contributed by atoms with van der Waals surface area (Å²) in [5.41, 5.74) is 1.92. The first-order valence-electron chi connectivity index (χ1n) is 9.88. The van der Waals surface area contributed by atoms with Gasteiger partial charge in [0.05, 0.1) is 5.75 Å². The van der Waals surface area contributed by atoms with Crippen LogP contribution < -0.4 is 9.80 Å². The highest BCUT2D eigenvalue weighted by atomic mass is 32.2. The molecule has 0 spiro atoms. The van der Waals surface area contributed by atoms with Crippen LogP contribution >= 0.6 is 0 Å². The van der Waals surface area contributed by atoms with E-state index in [0.717, 1.165) is 36.0 Å². The molecule has 0 N–H and O–H groups in total. The Labute approximate surface area is 167 Å². The summed E-state index contributed by atoms with van der Waals surface area (Å²) < 4.78 is 27.2. The highest BCUT2D eigenvalue weighted by Gasteiger charge is 2.28. The summed E-state index contributed by atoms with van der Waals surface area (Å²) in [6.07, 6.45) is 4.17. The van der Waals surface area contributed by atoms with Gasteiger partial charge in [0, 0.05) is 45.5 Å². The largest absolute Gasteiger partial charge is 0.354 e. The average Bonchev–Trinajstić information content (AvgIpc) is 3.23. The summed E-state index contributed by atoms with van der Waals surface area (Å²) in [7, 11) is -3.31. The Balaban J connectivity index is 1.39. The van der Waals surface area contributed by atoms with Gasteiger partial charge in [-0.05, 0) is 31.4 Å². The van der Waals surface area contributed by atoms with Crippen LogP contribution in [0.5, 0.6) is 0 Å². The van der Waals surface area contributed by atoms with Gasteiger partial charge in [0.1, 0.15) is 5.82 Å². The topological polar surface area (TPSA) is 69.6 Å². The zero-order valence-corrected chi connectivity index (χ0v) is 17.1. The van der Waals surface area contributed by atoms with Gasteiger partial charge in [0.2, 0.25) is 16.0 Å². The van der Waals surface area contributed by atoms with Crippen molar-refractivity contribution in [2.24, 2.45) is 0 Å². The van der Waals surface area contributed by atoms with E-state index in [1.807, 2.05) is 37.3 Å². The van der Waals surface area contributed by atoms with Crippen molar-refractivity contribution >= 4 is 21.8 Å². The first-order chi connectivity index (χ1) is 13.5. The molecule has 2 saturated heterocycles.